The van der Waals surface area contributed by atoms with Gasteiger partial charge in [0.2, 0.25) is 0 Å². The largest absolute Gasteiger partial charge is 0.493 e. The normalized spacial score (nSPS) is 12.3. The topological polar surface area (TPSA) is 81.7 Å². The summed E-state index contributed by atoms with van der Waals surface area (Å²) < 4.78 is 33.8. The quantitative estimate of drug-likeness (QED) is 0.765. The minimum atomic E-state index is -3.24. The number of amides is 1. The maximum Gasteiger partial charge on any atom is 0.258 e. The lowest BCUT2D eigenvalue weighted by atomic mass is 10.0. The number of carbonyl (C=O) groups excluding carboxylic acids is 1. The molecule has 0 bridgehead atoms. The van der Waals surface area contributed by atoms with E-state index in [1.165, 1.54) is 7.11 Å². The monoisotopic (exact) mass is 377 g/mol. The zero-order valence-corrected chi connectivity index (χ0v) is 15.9. The fraction of sp³-hybridized carbons (Fsp3) is 0.316. The summed E-state index contributed by atoms with van der Waals surface area (Å²) in [6.07, 6.45) is 1.83. The first-order chi connectivity index (χ1) is 12.3. The van der Waals surface area contributed by atoms with E-state index in [0.717, 1.165) is 11.8 Å². The maximum atomic E-state index is 12.2. The van der Waals surface area contributed by atoms with E-state index >= 15 is 0 Å². The standard InChI is InChI=1S/C19H23NO5S/c1-4-16(14-9-11-15(12-10-14)26(3,22)23)20-19(21)13-25-18-8-6-5-7-17(18)24-2/h5-12,16H,4,13H2,1-3H3,(H,20,21). The van der Waals surface area contributed by atoms with Crippen molar-refractivity contribution in [3.8, 4) is 11.5 Å². The van der Waals surface area contributed by atoms with Crippen molar-refractivity contribution in [1.82, 2.24) is 5.32 Å². The third-order valence-corrected chi connectivity index (χ3v) is 5.01. The molecule has 2 rings (SSSR count). The van der Waals surface area contributed by atoms with Gasteiger partial charge in [-0.1, -0.05) is 31.2 Å². The molecule has 0 fully saturated rings. The Morgan fingerprint density at radius 3 is 2.23 bits per heavy atom. The number of methoxy groups -OCH3 is 1. The molecule has 0 aliphatic carbocycles. The van der Waals surface area contributed by atoms with Crippen molar-refractivity contribution in [3.63, 3.8) is 0 Å². The highest BCUT2D eigenvalue weighted by molar-refractivity contribution is 7.90. The summed E-state index contributed by atoms with van der Waals surface area (Å²) in [6.45, 7) is 1.80. The van der Waals surface area contributed by atoms with Crippen LogP contribution in [0.25, 0.3) is 0 Å². The predicted octanol–water partition coefficient (Wildman–Crippen LogP) is 2.75. The lowest BCUT2D eigenvalue weighted by Crippen LogP contribution is -2.32. The molecule has 1 N–H and O–H groups in total. The summed E-state index contributed by atoms with van der Waals surface area (Å²) in [6, 6.07) is 13.4. The molecule has 0 saturated heterocycles. The molecule has 0 spiro atoms. The Morgan fingerprint density at radius 1 is 1.08 bits per heavy atom. The van der Waals surface area contributed by atoms with E-state index in [2.05, 4.69) is 5.32 Å². The van der Waals surface area contributed by atoms with E-state index in [1.807, 2.05) is 13.0 Å². The van der Waals surface area contributed by atoms with Crippen molar-refractivity contribution in [1.29, 1.82) is 0 Å². The molecule has 0 aliphatic rings. The molecule has 140 valence electrons. The molecule has 0 aromatic heterocycles. The van der Waals surface area contributed by atoms with Gasteiger partial charge in [0.25, 0.3) is 5.91 Å². The minimum Gasteiger partial charge on any atom is -0.493 e. The van der Waals surface area contributed by atoms with Crippen molar-refractivity contribution in [2.24, 2.45) is 0 Å². The molecule has 7 heteroatoms. The molecular formula is C19H23NO5S. The number of hydrogen-bond acceptors (Lipinski definition) is 5. The predicted molar refractivity (Wildman–Crippen MR) is 99.2 cm³/mol. The van der Waals surface area contributed by atoms with Crippen LogP contribution in [-0.2, 0) is 14.6 Å². The number of ether oxygens (including phenoxy) is 2. The van der Waals surface area contributed by atoms with Crippen LogP contribution in [0.3, 0.4) is 0 Å². The smallest absolute Gasteiger partial charge is 0.258 e. The summed E-state index contributed by atoms with van der Waals surface area (Å²) >= 11 is 0. The van der Waals surface area contributed by atoms with Crippen LogP contribution in [0.15, 0.2) is 53.4 Å². The number of carbonyl (C=O) groups is 1. The van der Waals surface area contributed by atoms with Gasteiger partial charge >= 0.3 is 0 Å². The van der Waals surface area contributed by atoms with Crippen molar-refractivity contribution in [2.75, 3.05) is 20.0 Å². The molecule has 6 nitrogen and oxygen atoms in total. The Balaban J connectivity index is 1.99. The number of nitrogens with one attached hydrogen (secondary N) is 1. The van der Waals surface area contributed by atoms with E-state index in [1.54, 1.807) is 42.5 Å². The van der Waals surface area contributed by atoms with Crippen LogP contribution in [0.2, 0.25) is 0 Å². The zero-order valence-electron chi connectivity index (χ0n) is 15.1. The number of benzene rings is 2. The third-order valence-electron chi connectivity index (χ3n) is 3.88. The first-order valence-electron chi connectivity index (χ1n) is 8.20. The first-order valence-corrected chi connectivity index (χ1v) is 10.1. The van der Waals surface area contributed by atoms with E-state index < -0.39 is 9.84 Å². The van der Waals surface area contributed by atoms with E-state index in [9.17, 15) is 13.2 Å². The summed E-state index contributed by atoms with van der Waals surface area (Å²) in [4.78, 5) is 12.5. The SMILES string of the molecule is CCC(NC(=O)COc1ccccc1OC)c1ccc(S(C)(=O)=O)cc1. The number of rotatable bonds is 8. The fourth-order valence-corrected chi connectivity index (χ4v) is 3.12. The average molecular weight is 377 g/mol. The Hall–Kier alpha value is -2.54. The Kier molecular flexibility index (Phi) is 6.63. The summed E-state index contributed by atoms with van der Waals surface area (Å²) in [5, 5.41) is 2.89. The lowest BCUT2D eigenvalue weighted by molar-refractivity contribution is -0.123. The Bertz CT molecular complexity index is 846. The highest BCUT2D eigenvalue weighted by atomic mass is 32.2. The average Bonchev–Trinajstić information content (AvgIpc) is 2.64. The van der Waals surface area contributed by atoms with Gasteiger partial charge in [-0.25, -0.2) is 8.42 Å². The van der Waals surface area contributed by atoms with Crippen LogP contribution in [0.1, 0.15) is 24.9 Å². The molecule has 1 amide bonds. The van der Waals surface area contributed by atoms with Crippen molar-refractivity contribution in [2.45, 2.75) is 24.3 Å². The molecule has 1 unspecified atom stereocenters. The summed E-state index contributed by atoms with van der Waals surface area (Å²) in [5.74, 6) is 0.786. The molecule has 1 atom stereocenters. The molecule has 0 heterocycles. The summed E-state index contributed by atoms with van der Waals surface area (Å²) in [5.41, 5.74) is 0.838. The maximum absolute atomic E-state index is 12.2. The minimum absolute atomic E-state index is 0.141. The van der Waals surface area contributed by atoms with E-state index in [4.69, 9.17) is 9.47 Å². The van der Waals surface area contributed by atoms with Crippen LogP contribution in [-0.4, -0.2) is 34.3 Å². The molecule has 0 saturated carbocycles. The van der Waals surface area contributed by atoms with Crippen LogP contribution in [0, 0.1) is 0 Å². The highest BCUT2D eigenvalue weighted by Crippen LogP contribution is 2.25. The van der Waals surface area contributed by atoms with Gasteiger partial charge in [-0.3, -0.25) is 4.79 Å². The van der Waals surface area contributed by atoms with Crippen molar-refractivity contribution >= 4 is 15.7 Å². The molecule has 0 aliphatic heterocycles. The molecule has 2 aromatic carbocycles. The summed E-state index contributed by atoms with van der Waals surface area (Å²) in [7, 11) is -1.70. The number of sulfone groups is 1. The zero-order chi connectivity index (χ0) is 19.2. The van der Waals surface area contributed by atoms with Crippen LogP contribution in [0.4, 0.5) is 0 Å². The number of para-hydroxylation sites is 2. The van der Waals surface area contributed by atoms with Gasteiger partial charge in [0.15, 0.2) is 27.9 Å². The molecule has 0 radical (unpaired) electrons. The molecule has 26 heavy (non-hydrogen) atoms. The second kappa shape index (κ2) is 8.71. The second-order valence-electron chi connectivity index (χ2n) is 5.81. The number of hydrogen-bond donors (Lipinski definition) is 1. The first kappa shape index (κ1) is 19.8. The fourth-order valence-electron chi connectivity index (χ4n) is 2.49. The Labute approximate surface area is 154 Å². The molecular weight excluding hydrogens is 354 g/mol. The highest BCUT2D eigenvalue weighted by Gasteiger charge is 2.15. The second-order valence-corrected chi connectivity index (χ2v) is 7.82. The Morgan fingerprint density at radius 2 is 1.69 bits per heavy atom. The van der Waals surface area contributed by atoms with Crippen LogP contribution >= 0.6 is 0 Å². The lowest BCUT2D eigenvalue weighted by Gasteiger charge is -2.18. The van der Waals surface area contributed by atoms with Crippen molar-refractivity contribution in [3.05, 3.63) is 54.1 Å². The van der Waals surface area contributed by atoms with Crippen LogP contribution in [0.5, 0.6) is 11.5 Å². The van der Waals surface area contributed by atoms with Gasteiger partial charge in [0.1, 0.15) is 0 Å². The van der Waals surface area contributed by atoms with Gasteiger partial charge in [0.05, 0.1) is 18.0 Å². The van der Waals surface area contributed by atoms with Gasteiger partial charge in [-0.15, -0.1) is 0 Å². The van der Waals surface area contributed by atoms with E-state index in [-0.39, 0.29) is 23.5 Å². The van der Waals surface area contributed by atoms with Gasteiger partial charge < -0.3 is 14.8 Å². The van der Waals surface area contributed by atoms with Crippen LogP contribution < -0.4 is 14.8 Å². The van der Waals surface area contributed by atoms with Gasteiger partial charge in [0, 0.05) is 6.26 Å². The third kappa shape index (κ3) is 5.23. The molecule has 2 aromatic rings. The van der Waals surface area contributed by atoms with Gasteiger partial charge in [-0.05, 0) is 36.2 Å². The van der Waals surface area contributed by atoms with Crippen molar-refractivity contribution < 1.29 is 22.7 Å². The van der Waals surface area contributed by atoms with Gasteiger partial charge in [-0.2, -0.15) is 0 Å². The van der Waals surface area contributed by atoms with E-state index in [0.29, 0.717) is 17.9 Å².